The fraction of sp³-hybridized carbons (Fsp3) is 0.0286. The average molecular weight is 1720 g/mol. The molecular weight excluding hydrogens is 1670 g/mol. The van der Waals surface area contributed by atoms with Crippen molar-refractivity contribution in [3.63, 3.8) is 0 Å². The van der Waals surface area contributed by atoms with Crippen molar-refractivity contribution in [3.8, 4) is 89.5 Å². The Morgan fingerprint density at radius 3 is 1.08 bits per heavy atom. The van der Waals surface area contributed by atoms with Crippen molar-refractivity contribution in [1.82, 2.24) is 19.9 Å². The van der Waals surface area contributed by atoms with E-state index in [4.69, 9.17) is 0 Å². The molecule has 78 heavy (non-hydrogen) atoms. The molecule has 0 saturated heterocycles. The van der Waals surface area contributed by atoms with Crippen molar-refractivity contribution in [1.29, 1.82) is 0 Å². The summed E-state index contributed by atoms with van der Waals surface area (Å²) in [5.41, 5.74) is 19.9. The van der Waals surface area contributed by atoms with Crippen LogP contribution in [0.25, 0.3) is 89.5 Å². The Labute approximate surface area is 514 Å². The molecule has 4 nitrogen and oxygen atoms in total. The number of hydrogen-bond donors (Lipinski definition) is 0. The van der Waals surface area contributed by atoms with Crippen molar-refractivity contribution >= 4 is 0 Å². The number of aryl methyl sites for hydroxylation is 2. The van der Waals surface area contributed by atoms with Crippen LogP contribution in [0.15, 0.2) is 280 Å². The fourth-order valence-corrected chi connectivity index (χ4v) is 8.01. The minimum Gasteiger partial charge on any atom is -0.305 e. The number of benzene rings is 8. The van der Waals surface area contributed by atoms with Crippen LogP contribution in [-0.4, -0.2) is 19.9 Å². The summed E-state index contributed by atoms with van der Waals surface area (Å²) in [6.45, 7) is 4.12. The molecule has 12 rings (SSSR count). The van der Waals surface area contributed by atoms with E-state index in [1.165, 1.54) is 50.1 Å². The quantitative estimate of drug-likeness (QED) is 0.142. The van der Waals surface area contributed by atoms with Crippen molar-refractivity contribution in [2.24, 2.45) is 0 Å². The van der Waals surface area contributed by atoms with E-state index in [9.17, 15) is 0 Å². The first-order valence-corrected chi connectivity index (χ1v) is 24.5. The number of rotatable bonds is 8. The molecule has 4 radical (unpaired) electrons. The van der Waals surface area contributed by atoms with Gasteiger partial charge in [0.25, 0.3) is 0 Å². The van der Waals surface area contributed by atoms with Crippen LogP contribution in [0.4, 0.5) is 0 Å². The van der Waals surface area contributed by atoms with E-state index in [2.05, 4.69) is 179 Å². The molecule has 4 aromatic heterocycles. The maximum absolute atomic E-state index is 4.49. The summed E-state index contributed by atoms with van der Waals surface area (Å²) in [5.74, 6) is 0. The Bertz CT molecular complexity index is 3480. The zero-order valence-corrected chi connectivity index (χ0v) is 52.3. The molecule has 0 fully saturated rings. The summed E-state index contributed by atoms with van der Waals surface area (Å²) in [5, 5.41) is 0. The van der Waals surface area contributed by atoms with Crippen LogP contribution in [0.5, 0.6) is 0 Å². The molecule has 0 N–H and O–H groups in total. The number of pyridine rings is 4. The number of nitrogens with zero attached hydrogens (tertiary/aromatic N) is 4. The van der Waals surface area contributed by atoms with Gasteiger partial charge in [0.2, 0.25) is 0 Å². The molecule has 12 aromatic rings. The third-order valence-electron chi connectivity index (χ3n) is 11.9. The Hall–Kier alpha value is -7.04. The Morgan fingerprint density at radius 1 is 0.244 bits per heavy atom. The molecule has 4 heterocycles. The smallest absolute Gasteiger partial charge is 0.0239 e. The number of hydrogen-bond acceptors (Lipinski definition) is 4. The van der Waals surface area contributed by atoms with Gasteiger partial charge in [-0.05, 0) is 82.1 Å². The monoisotopic (exact) mass is 1720 g/mol. The zero-order chi connectivity index (χ0) is 50.6. The van der Waals surface area contributed by atoms with Gasteiger partial charge in [-0.3, -0.25) is 0 Å². The molecule has 0 aliphatic heterocycles. The van der Waals surface area contributed by atoms with Gasteiger partial charge < -0.3 is 19.9 Å². The Kier molecular flexibility index (Phi) is 25.9. The summed E-state index contributed by atoms with van der Waals surface area (Å²) in [6, 6.07) is 98.9. The van der Waals surface area contributed by atoms with Crippen molar-refractivity contribution < 1.29 is 80.4 Å². The summed E-state index contributed by atoms with van der Waals surface area (Å²) in [7, 11) is 0. The van der Waals surface area contributed by atoms with Gasteiger partial charge in [0.05, 0.1) is 0 Å². The predicted molar refractivity (Wildman–Crippen MR) is 305 cm³/mol. The third-order valence-corrected chi connectivity index (χ3v) is 11.9. The zero-order valence-electron chi connectivity index (χ0n) is 42.7. The van der Waals surface area contributed by atoms with E-state index < -0.39 is 0 Å². The molecule has 0 atom stereocenters. The van der Waals surface area contributed by atoms with E-state index >= 15 is 0 Å². The van der Waals surface area contributed by atoms with Crippen LogP contribution in [0.3, 0.4) is 0 Å². The summed E-state index contributed by atoms with van der Waals surface area (Å²) >= 11 is 0. The second kappa shape index (κ2) is 32.6. The first kappa shape index (κ1) is 61.8. The van der Waals surface area contributed by atoms with E-state index in [1.54, 1.807) is 6.20 Å². The third kappa shape index (κ3) is 18.0. The molecular formula is C70H52Ir4N4-4. The molecule has 8 heteroatoms. The Balaban J connectivity index is 0.000000188. The molecule has 0 aliphatic carbocycles. The topological polar surface area (TPSA) is 51.6 Å². The summed E-state index contributed by atoms with van der Waals surface area (Å²) in [4.78, 5) is 17.7. The molecule has 392 valence electrons. The van der Waals surface area contributed by atoms with E-state index in [1.807, 2.05) is 153 Å². The van der Waals surface area contributed by atoms with Gasteiger partial charge in [-0.1, -0.05) is 169 Å². The maximum Gasteiger partial charge on any atom is 0.0239 e. The standard InChI is InChI=1S/2C18H14N.2C17H12N.4Ir/c1-14-10-11-18(19-13-14)17-9-5-8-16(12-17)15-6-3-2-4-7-15;1-14-10-11-19-18(12-14)17-9-5-8-16(13-17)15-6-3-2-4-7-15;1-3-7-14(8-4-1)16-11-12-17(18-13-16)15-9-5-2-6-10-15;1-2-7-14(8-3-1)15-9-6-10-16(13-15)17-11-4-5-12-18-17;;;;/h2*2-8,10-13H,1H3;2*1-9,11-13H;;;;/q4*-1;;;;. The van der Waals surface area contributed by atoms with E-state index in [-0.39, 0.29) is 80.4 Å². The SMILES string of the molecule is Cc1ccc(-c2[c-]ccc(-c3ccccc3)c2)nc1.Cc1ccnc(-c2[c-]ccc(-c3ccccc3)c2)c1.[Ir].[Ir].[Ir].[Ir].[c-]1ccc(-c2ccccc2)cc1-c1ccccn1.[c-]1ccccc1-c1ccc(-c2ccccc2)cn1. The molecule has 0 unspecified atom stereocenters. The van der Waals surface area contributed by atoms with Crippen molar-refractivity contribution in [2.75, 3.05) is 0 Å². The van der Waals surface area contributed by atoms with Crippen LogP contribution in [0.1, 0.15) is 11.1 Å². The number of aromatic nitrogens is 4. The molecule has 0 amide bonds. The van der Waals surface area contributed by atoms with Crippen LogP contribution in [-0.2, 0) is 80.4 Å². The van der Waals surface area contributed by atoms with Crippen LogP contribution >= 0.6 is 0 Å². The second-order valence-electron chi connectivity index (χ2n) is 17.3. The first-order chi connectivity index (χ1) is 36.5. The van der Waals surface area contributed by atoms with Crippen LogP contribution in [0, 0.1) is 38.1 Å². The molecule has 8 aromatic carbocycles. The van der Waals surface area contributed by atoms with Gasteiger partial charge in [0.1, 0.15) is 0 Å². The Morgan fingerprint density at radius 2 is 0.654 bits per heavy atom. The first-order valence-electron chi connectivity index (χ1n) is 24.5. The maximum atomic E-state index is 4.49. The van der Waals surface area contributed by atoms with E-state index in [0.717, 1.165) is 50.6 Å². The van der Waals surface area contributed by atoms with Gasteiger partial charge in [-0.25, -0.2) is 0 Å². The fourth-order valence-electron chi connectivity index (χ4n) is 8.01. The predicted octanol–water partition coefficient (Wildman–Crippen LogP) is 17.5. The minimum absolute atomic E-state index is 0. The van der Waals surface area contributed by atoms with Crippen LogP contribution in [0.2, 0.25) is 0 Å². The van der Waals surface area contributed by atoms with Crippen LogP contribution < -0.4 is 0 Å². The van der Waals surface area contributed by atoms with Gasteiger partial charge in [-0.2, -0.15) is 0 Å². The second-order valence-corrected chi connectivity index (χ2v) is 17.3. The average Bonchev–Trinajstić information content (AvgIpc) is 3.49. The van der Waals surface area contributed by atoms with Gasteiger partial charge >= 0.3 is 0 Å². The van der Waals surface area contributed by atoms with Crippen molar-refractivity contribution in [2.45, 2.75) is 13.8 Å². The summed E-state index contributed by atoms with van der Waals surface area (Å²) in [6.07, 6.45) is 7.44. The molecule has 0 spiro atoms. The van der Waals surface area contributed by atoms with Gasteiger partial charge in [0, 0.05) is 105 Å². The minimum atomic E-state index is 0. The van der Waals surface area contributed by atoms with Gasteiger partial charge in [0.15, 0.2) is 0 Å². The van der Waals surface area contributed by atoms with Crippen molar-refractivity contribution in [3.05, 3.63) is 315 Å². The van der Waals surface area contributed by atoms with Gasteiger partial charge in [-0.15, -0.1) is 142 Å². The molecule has 0 saturated carbocycles. The largest absolute Gasteiger partial charge is 0.305 e. The molecule has 0 aliphatic rings. The van der Waals surface area contributed by atoms with E-state index in [0.29, 0.717) is 0 Å². The normalized spacial score (nSPS) is 9.77. The summed E-state index contributed by atoms with van der Waals surface area (Å²) < 4.78 is 0. The molecule has 0 bridgehead atoms.